The van der Waals surface area contributed by atoms with E-state index in [-0.39, 0.29) is 31.2 Å². The maximum Gasteiger partial charge on any atom is 0.351 e. The topological polar surface area (TPSA) is 85.1 Å². The number of rotatable bonds is 5. The highest BCUT2D eigenvalue weighted by Crippen LogP contribution is 2.22. The van der Waals surface area contributed by atoms with E-state index < -0.39 is 0 Å². The van der Waals surface area contributed by atoms with Crippen LogP contribution in [0.2, 0.25) is 0 Å². The van der Waals surface area contributed by atoms with Crippen LogP contribution in [0.15, 0.2) is 18.2 Å². The van der Waals surface area contributed by atoms with Gasteiger partial charge >= 0.3 is 5.95 Å². The Labute approximate surface area is 126 Å². The van der Waals surface area contributed by atoms with Crippen LogP contribution in [0, 0.1) is 5.92 Å². The first-order chi connectivity index (χ1) is 9.38. The Bertz CT molecular complexity index is 616. The summed E-state index contributed by atoms with van der Waals surface area (Å²) >= 11 is 0. The van der Waals surface area contributed by atoms with Crippen molar-refractivity contribution in [3.8, 4) is 0 Å². The molecule has 5 nitrogen and oxygen atoms in total. The van der Waals surface area contributed by atoms with Gasteiger partial charge in [-0.15, -0.1) is 0 Å². The Balaban J connectivity index is 0.00000220. The molecule has 5 heteroatoms. The number of carbonyl (C=O) groups excluding carboxylic acids is 1. The number of Topliss-reactive ketones (excluding diaryl/α,β-unsaturated/α-hetero) is 1. The van der Waals surface area contributed by atoms with Crippen LogP contribution < -0.4 is 16.0 Å². The van der Waals surface area contributed by atoms with Crippen molar-refractivity contribution in [2.75, 3.05) is 5.73 Å². The summed E-state index contributed by atoms with van der Waals surface area (Å²) in [4.78, 5) is 18.5. The van der Waals surface area contributed by atoms with Crippen LogP contribution >= 0.6 is 0 Å². The number of ketones is 1. The lowest BCUT2D eigenvalue weighted by atomic mass is 9.94. The second-order valence-corrected chi connectivity index (χ2v) is 5.78. The van der Waals surface area contributed by atoms with E-state index in [1.54, 1.807) is 0 Å². The first kappa shape index (κ1) is 17.2. The molecule has 0 radical (unpaired) electrons. The number of hydrogen-bond donors (Lipinski definition) is 3. The number of fused-ring (bicyclic) bond motifs is 1. The van der Waals surface area contributed by atoms with Gasteiger partial charge in [0.2, 0.25) is 0 Å². The van der Waals surface area contributed by atoms with Crippen molar-refractivity contribution in [2.45, 2.75) is 47.2 Å². The van der Waals surface area contributed by atoms with Gasteiger partial charge in [0.25, 0.3) is 0 Å². The summed E-state index contributed by atoms with van der Waals surface area (Å²) in [5.41, 5.74) is 8.52. The lowest BCUT2D eigenvalue weighted by molar-refractivity contribution is -0.325. The van der Waals surface area contributed by atoms with Gasteiger partial charge in [0, 0.05) is 12.0 Å². The molecule has 0 unspecified atom stereocenters. The molecule has 21 heavy (non-hydrogen) atoms. The number of nitrogens with one attached hydrogen (secondary N) is 3. The van der Waals surface area contributed by atoms with Crippen LogP contribution in [0.3, 0.4) is 0 Å². The number of aromatic amines is 2. The van der Waals surface area contributed by atoms with Gasteiger partial charge in [-0.1, -0.05) is 27.3 Å². The van der Waals surface area contributed by atoms with Gasteiger partial charge in [0.15, 0.2) is 5.78 Å². The molecule has 0 aliphatic heterocycles. The van der Waals surface area contributed by atoms with Gasteiger partial charge in [0.1, 0.15) is 11.0 Å². The number of H-pyrrole nitrogens is 2. The lowest BCUT2D eigenvalue weighted by Crippen LogP contribution is -2.35. The zero-order chi connectivity index (χ0) is 14.9. The number of imidazole rings is 1. The van der Waals surface area contributed by atoms with Gasteiger partial charge in [-0.05, 0) is 31.5 Å². The SMILES string of the molecule is C.CC(C)N[C@H](C(=O)C(C)C)c1ccc2[nH+]c(N)[nH]c2c1. The number of nitrogens with two attached hydrogens (primary N) is 1. The van der Waals surface area contributed by atoms with Crippen molar-refractivity contribution in [3.05, 3.63) is 23.8 Å². The third kappa shape index (κ3) is 3.82. The standard InChI is InChI=1S/C15H22N4O.CH4/c1-8(2)14(20)13(17-9(3)4)10-5-6-11-12(7-10)19-15(16)18-11;/h5-9,13,17H,1-4H3,(H3,16,18,19);1H4/p+1/t13-;/m0./s1. The summed E-state index contributed by atoms with van der Waals surface area (Å²) in [5.74, 6) is 0.699. The molecule has 2 aromatic rings. The van der Waals surface area contributed by atoms with Crippen LogP contribution in [0.1, 0.15) is 46.7 Å². The first-order valence-electron chi connectivity index (χ1n) is 6.98. The molecule has 5 N–H and O–H groups in total. The maximum absolute atomic E-state index is 12.4. The maximum atomic E-state index is 12.4. The third-order valence-corrected chi connectivity index (χ3v) is 3.27. The Morgan fingerprint density at radius 3 is 2.52 bits per heavy atom. The molecular weight excluding hydrogens is 264 g/mol. The quantitative estimate of drug-likeness (QED) is 0.791. The molecule has 2 rings (SSSR count). The summed E-state index contributed by atoms with van der Waals surface area (Å²) in [6, 6.07) is 5.83. The number of carbonyl (C=O) groups is 1. The van der Waals surface area contributed by atoms with Gasteiger partial charge in [-0.3, -0.25) is 10.5 Å². The number of benzene rings is 1. The molecule has 1 heterocycles. The largest absolute Gasteiger partial charge is 0.351 e. The fraction of sp³-hybridized carbons (Fsp3) is 0.500. The zero-order valence-electron chi connectivity index (χ0n) is 12.4. The Hall–Kier alpha value is -1.88. The van der Waals surface area contributed by atoms with Crippen LogP contribution in [0.4, 0.5) is 5.95 Å². The van der Waals surface area contributed by atoms with Gasteiger partial charge in [-0.2, -0.15) is 0 Å². The molecule has 0 bridgehead atoms. The van der Waals surface area contributed by atoms with Gasteiger partial charge in [-0.25, -0.2) is 9.97 Å². The molecule has 0 spiro atoms. The molecule has 1 aromatic carbocycles. The van der Waals surface area contributed by atoms with Crippen molar-refractivity contribution in [1.29, 1.82) is 0 Å². The molecule has 0 aliphatic rings. The van der Waals surface area contributed by atoms with Crippen molar-refractivity contribution < 1.29 is 9.78 Å². The number of nitrogen functional groups attached to an aromatic ring is 1. The van der Waals surface area contributed by atoms with Crippen LogP contribution in [0.5, 0.6) is 0 Å². The van der Waals surface area contributed by atoms with Crippen molar-refractivity contribution >= 4 is 22.8 Å². The van der Waals surface area contributed by atoms with Crippen LogP contribution in [-0.2, 0) is 4.79 Å². The minimum atomic E-state index is -0.288. The van der Waals surface area contributed by atoms with Gasteiger partial charge < -0.3 is 5.32 Å². The molecule has 116 valence electrons. The summed E-state index contributed by atoms with van der Waals surface area (Å²) < 4.78 is 0. The average Bonchev–Trinajstić information content (AvgIpc) is 2.73. The fourth-order valence-electron chi connectivity index (χ4n) is 2.28. The highest BCUT2D eigenvalue weighted by molar-refractivity contribution is 5.88. The molecule has 0 saturated carbocycles. The van der Waals surface area contributed by atoms with E-state index in [0.29, 0.717) is 5.95 Å². The second-order valence-electron chi connectivity index (χ2n) is 5.78. The first-order valence-corrected chi connectivity index (χ1v) is 6.98. The molecule has 0 fully saturated rings. The van der Waals surface area contributed by atoms with Crippen LogP contribution in [-0.4, -0.2) is 16.8 Å². The van der Waals surface area contributed by atoms with Crippen molar-refractivity contribution in [2.24, 2.45) is 5.92 Å². The zero-order valence-corrected chi connectivity index (χ0v) is 12.4. The average molecular weight is 291 g/mol. The normalized spacial score (nSPS) is 12.7. The number of hydrogen-bond acceptors (Lipinski definition) is 3. The summed E-state index contributed by atoms with van der Waals surface area (Å²) in [5, 5.41) is 3.34. The summed E-state index contributed by atoms with van der Waals surface area (Å²) in [7, 11) is 0. The molecule has 0 aliphatic carbocycles. The van der Waals surface area contributed by atoms with Crippen molar-refractivity contribution in [1.82, 2.24) is 10.3 Å². The van der Waals surface area contributed by atoms with E-state index >= 15 is 0 Å². The number of aromatic nitrogens is 2. The predicted molar refractivity (Wildman–Crippen MR) is 86.9 cm³/mol. The Morgan fingerprint density at radius 1 is 1.29 bits per heavy atom. The smallest absolute Gasteiger partial charge is 0.302 e. The molecule has 0 saturated heterocycles. The fourth-order valence-corrected chi connectivity index (χ4v) is 2.28. The van der Waals surface area contributed by atoms with E-state index in [9.17, 15) is 4.79 Å². The summed E-state index contributed by atoms with van der Waals surface area (Å²) in [6.07, 6.45) is 0. The third-order valence-electron chi connectivity index (χ3n) is 3.27. The monoisotopic (exact) mass is 291 g/mol. The van der Waals surface area contributed by atoms with Crippen molar-refractivity contribution in [3.63, 3.8) is 0 Å². The Kier molecular flexibility index (Phi) is 5.49. The summed E-state index contributed by atoms with van der Waals surface area (Å²) in [6.45, 7) is 7.94. The minimum absolute atomic E-state index is 0. The van der Waals surface area contributed by atoms with E-state index in [0.717, 1.165) is 16.6 Å². The Morgan fingerprint density at radius 2 is 1.95 bits per heavy atom. The van der Waals surface area contributed by atoms with E-state index in [1.165, 1.54) is 0 Å². The molecule has 1 aromatic heterocycles. The second kappa shape index (κ2) is 6.72. The van der Waals surface area contributed by atoms with E-state index in [2.05, 4.69) is 15.3 Å². The number of anilines is 1. The molecule has 1 atom stereocenters. The van der Waals surface area contributed by atoms with Gasteiger partial charge in [0.05, 0.1) is 6.04 Å². The van der Waals surface area contributed by atoms with Crippen LogP contribution in [0.25, 0.3) is 11.0 Å². The highest BCUT2D eigenvalue weighted by Gasteiger charge is 2.24. The van der Waals surface area contributed by atoms with E-state index in [4.69, 9.17) is 5.73 Å². The highest BCUT2D eigenvalue weighted by atomic mass is 16.1. The van der Waals surface area contributed by atoms with E-state index in [1.807, 2.05) is 45.9 Å². The minimum Gasteiger partial charge on any atom is -0.302 e. The lowest BCUT2D eigenvalue weighted by Gasteiger charge is -2.22. The molecule has 0 amide bonds. The predicted octanol–water partition coefficient (Wildman–Crippen LogP) is 2.46. The molecular formula is C16H27N4O+.